The molecule has 0 saturated heterocycles. The van der Waals surface area contributed by atoms with Crippen LogP contribution in [-0.4, -0.2) is 11.9 Å². The van der Waals surface area contributed by atoms with Crippen molar-refractivity contribution < 1.29 is 4.79 Å². The number of nitrogens with two attached hydrogens (primary N) is 1. The van der Waals surface area contributed by atoms with E-state index in [2.05, 4.69) is 37.2 Å². The minimum absolute atomic E-state index is 0.148. The van der Waals surface area contributed by atoms with Gasteiger partial charge in [-0.15, -0.1) is 0 Å². The Morgan fingerprint density at radius 2 is 2.19 bits per heavy atom. The van der Waals surface area contributed by atoms with Gasteiger partial charge in [-0.25, -0.2) is 0 Å². The molecule has 1 aromatic rings. The smallest absolute Gasteiger partial charge is 0.241 e. The van der Waals surface area contributed by atoms with Crippen molar-refractivity contribution in [1.82, 2.24) is 0 Å². The van der Waals surface area contributed by atoms with E-state index in [4.69, 9.17) is 5.73 Å². The Labute approximate surface area is 112 Å². The zero-order valence-corrected chi connectivity index (χ0v) is 12.1. The third kappa shape index (κ3) is 3.88. The lowest BCUT2D eigenvalue weighted by molar-refractivity contribution is -0.117. The van der Waals surface area contributed by atoms with Gasteiger partial charge in [0.1, 0.15) is 0 Å². The molecule has 1 rings (SSSR count). The lowest BCUT2D eigenvalue weighted by Gasteiger charge is -2.12. The van der Waals surface area contributed by atoms with Crippen LogP contribution in [0.5, 0.6) is 0 Å². The third-order valence-corrected chi connectivity index (χ3v) is 3.27. The first-order chi connectivity index (χ1) is 7.54. The van der Waals surface area contributed by atoms with Crippen LogP contribution in [0.15, 0.2) is 27.1 Å². The second-order valence-electron chi connectivity index (χ2n) is 3.51. The van der Waals surface area contributed by atoms with Gasteiger partial charge in [-0.2, -0.15) is 0 Å². The van der Waals surface area contributed by atoms with Crippen molar-refractivity contribution in [3.05, 3.63) is 27.1 Å². The Bertz CT molecular complexity index is 382. The summed E-state index contributed by atoms with van der Waals surface area (Å²) in [4.78, 5) is 11.7. The summed E-state index contributed by atoms with van der Waals surface area (Å²) in [5.74, 6) is -0.148. The highest BCUT2D eigenvalue weighted by Crippen LogP contribution is 2.26. The summed E-state index contributed by atoms with van der Waals surface area (Å²) in [6.45, 7) is 2.00. The summed E-state index contributed by atoms with van der Waals surface area (Å²) in [6, 6.07) is 5.12. The molecule has 0 saturated carbocycles. The van der Waals surface area contributed by atoms with Crippen molar-refractivity contribution >= 4 is 43.5 Å². The number of hydrogen-bond donors (Lipinski definition) is 2. The van der Waals surface area contributed by atoms with Crippen molar-refractivity contribution in [2.24, 2.45) is 5.73 Å². The summed E-state index contributed by atoms with van der Waals surface area (Å²) in [5, 5.41) is 2.79. The lowest BCUT2D eigenvalue weighted by atomic mass is 10.1. The van der Waals surface area contributed by atoms with Crippen LogP contribution in [0, 0.1) is 0 Å². The maximum absolute atomic E-state index is 11.7. The largest absolute Gasteiger partial charge is 0.324 e. The highest BCUT2D eigenvalue weighted by atomic mass is 79.9. The maximum Gasteiger partial charge on any atom is 0.241 e. The summed E-state index contributed by atoms with van der Waals surface area (Å²) < 4.78 is 1.79. The highest BCUT2D eigenvalue weighted by Gasteiger charge is 2.13. The molecular weight excluding hydrogens is 336 g/mol. The molecule has 0 aliphatic carbocycles. The van der Waals surface area contributed by atoms with Gasteiger partial charge in [0, 0.05) is 8.95 Å². The molecule has 16 heavy (non-hydrogen) atoms. The fourth-order valence-corrected chi connectivity index (χ4v) is 2.40. The van der Waals surface area contributed by atoms with E-state index in [0.29, 0.717) is 6.42 Å². The van der Waals surface area contributed by atoms with Crippen LogP contribution in [0.2, 0.25) is 0 Å². The Morgan fingerprint density at radius 3 is 2.75 bits per heavy atom. The number of amides is 1. The molecule has 0 spiro atoms. The van der Waals surface area contributed by atoms with Gasteiger partial charge in [0.15, 0.2) is 0 Å². The maximum atomic E-state index is 11.7. The van der Waals surface area contributed by atoms with Crippen LogP contribution in [0.4, 0.5) is 5.69 Å². The first kappa shape index (κ1) is 13.7. The molecule has 0 fully saturated rings. The number of benzene rings is 1. The van der Waals surface area contributed by atoms with Crippen LogP contribution in [0.3, 0.4) is 0 Å². The van der Waals surface area contributed by atoms with E-state index in [0.717, 1.165) is 21.1 Å². The van der Waals surface area contributed by atoms with E-state index in [1.165, 1.54) is 0 Å². The van der Waals surface area contributed by atoms with E-state index in [1.807, 2.05) is 25.1 Å². The number of nitrogens with one attached hydrogen (secondary N) is 1. The van der Waals surface area contributed by atoms with E-state index in [9.17, 15) is 4.79 Å². The predicted molar refractivity (Wildman–Crippen MR) is 73.4 cm³/mol. The molecule has 1 amide bonds. The summed E-state index contributed by atoms with van der Waals surface area (Å²) in [6.07, 6.45) is 1.59. The molecule has 0 heterocycles. The molecule has 3 N–H and O–H groups in total. The SMILES string of the molecule is CCC[C@H](N)C(=O)Nc1ccc(Br)cc1Br. The van der Waals surface area contributed by atoms with E-state index in [-0.39, 0.29) is 5.91 Å². The quantitative estimate of drug-likeness (QED) is 0.876. The normalized spacial score (nSPS) is 12.2. The molecule has 1 atom stereocenters. The topological polar surface area (TPSA) is 55.1 Å². The van der Waals surface area contributed by atoms with Crippen LogP contribution < -0.4 is 11.1 Å². The van der Waals surface area contributed by atoms with Gasteiger partial charge in [-0.1, -0.05) is 29.3 Å². The zero-order valence-electron chi connectivity index (χ0n) is 8.97. The Balaban J connectivity index is 2.69. The minimum Gasteiger partial charge on any atom is -0.324 e. The molecule has 0 bridgehead atoms. The van der Waals surface area contributed by atoms with Crippen molar-refractivity contribution in [2.75, 3.05) is 5.32 Å². The lowest BCUT2D eigenvalue weighted by Crippen LogP contribution is -2.35. The molecule has 0 aliphatic rings. The number of carbonyl (C=O) groups is 1. The van der Waals surface area contributed by atoms with E-state index < -0.39 is 6.04 Å². The predicted octanol–water partition coefficient (Wildman–Crippen LogP) is 3.28. The van der Waals surface area contributed by atoms with Gasteiger partial charge in [-0.3, -0.25) is 4.79 Å². The molecular formula is C11H14Br2N2O. The monoisotopic (exact) mass is 348 g/mol. The second-order valence-corrected chi connectivity index (χ2v) is 5.28. The molecule has 88 valence electrons. The molecule has 5 heteroatoms. The molecule has 0 unspecified atom stereocenters. The average Bonchev–Trinajstić information content (AvgIpc) is 2.22. The number of hydrogen-bond acceptors (Lipinski definition) is 2. The van der Waals surface area contributed by atoms with Crippen LogP contribution in [0.1, 0.15) is 19.8 Å². The standard InChI is InChI=1S/C11H14Br2N2O/c1-2-3-9(14)11(16)15-10-5-4-7(12)6-8(10)13/h4-6,9H,2-3,14H2,1H3,(H,15,16)/t9-/m0/s1. The van der Waals surface area contributed by atoms with E-state index >= 15 is 0 Å². The van der Waals surface area contributed by atoms with Gasteiger partial charge in [0.2, 0.25) is 5.91 Å². The van der Waals surface area contributed by atoms with Gasteiger partial charge in [0.05, 0.1) is 11.7 Å². The second kappa shape index (κ2) is 6.37. The van der Waals surface area contributed by atoms with E-state index in [1.54, 1.807) is 0 Å². The number of rotatable bonds is 4. The molecule has 3 nitrogen and oxygen atoms in total. The Kier molecular flexibility index (Phi) is 5.44. The molecule has 0 aromatic heterocycles. The van der Waals surface area contributed by atoms with Crippen molar-refractivity contribution in [2.45, 2.75) is 25.8 Å². The Hall–Kier alpha value is -0.390. The van der Waals surface area contributed by atoms with Crippen LogP contribution in [0.25, 0.3) is 0 Å². The van der Waals surface area contributed by atoms with Crippen molar-refractivity contribution in [1.29, 1.82) is 0 Å². The first-order valence-corrected chi connectivity index (χ1v) is 6.64. The fraction of sp³-hybridized carbons (Fsp3) is 0.364. The number of anilines is 1. The zero-order chi connectivity index (χ0) is 12.1. The summed E-state index contributed by atoms with van der Waals surface area (Å²) in [5.41, 5.74) is 6.45. The fourth-order valence-electron chi connectivity index (χ4n) is 1.26. The van der Waals surface area contributed by atoms with Crippen molar-refractivity contribution in [3.8, 4) is 0 Å². The van der Waals surface area contributed by atoms with Crippen LogP contribution in [-0.2, 0) is 4.79 Å². The van der Waals surface area contributed by atoms with Gasteiger partial charge in [0.25, 0.3) is 0 Å². The first-order valence-electron chi connectivity index (χ1n) is 5.06. The van der Waals surface area contributed by atoms with Crippen LogP contribution >= 0.6 is 31.9 Å². The summed E-state index contributed by atoms with van der Waals surface area (Å²) >= 11 is 6.73. The molecule has 0 aliphatic heterocycles. The highest BCUT2D eigenvalue weighted by molar-refractivity contribution is 9.11. The van der Waals surface area contributed by atoms with Crippen molar-refractivity contribution in [3.63, 3.8) is 0 Å². The minimum atomic E-state index is -0.444. The number of carbonyl (C=O) groups excluding carboxylic acids is 1. The summed E-state index contributed by atoms with van der Waals surface area (Å²) in [7, 11) is 0. The van der Waals surface area contributed by atoms with Gasteiger partial charge in [-0.05, 0) is 40.5 Å². The Morgan fingerprint density at radius 1 is 1.50 bits per heavy atom. The van der Waals surface area contributed by atoms with Gasteiger partial charge >= 0.3 is 0 Å². The third-order valence-electron chi connectivity index (χ3n) is 2.13. The number of halogens is 2. The van der Waals surface area contributed by atoms with Gasteiger partial charge < -0.3 is 11.1 Å². The average molecular weight is 350 g/mol. The molecule has 0 radical (unpaired) electrons. The molecule has 1 aromatic carbocycles.